The molecule has 35 heavy (non-hydrogen) atoms. The summed E-state index contributed by atoms with van der Waals surface area (Å²) in [5, 5.41) is 39.6. The number of hydrogen-bond acceptors (Lipinski definition) is 6. The van der Waals surface area contributed by atoms with Gasteiger partial charge in [0.25, 0.3) is 5.91 Å². The summed E-state index contributed by atoms with van der Waals surface area (Å²) in [6.45, 7) is 4.12. The Morgan fingerprint density at radius 3 is 2.26 bits per heavy atom. The third-order valence-electron chi connectivity index (χ3n) is 6.86. The van der Waals surface area contributed by atoms with E-state index in [4.69, 9.17) is 10.8 Å². The minimum Gasteiger partial charge on any atom is -0.508 e. The van der Waals surface area contributed by atoms with Crippen molar-refractivity contribution >= 4 is 17.6 Å². The Hall–Kier alpha value is -2.82. The number of amides is 1. The third kappa shape index (κ3) is 6.45. The van der Waals surface area contributed by atoms with Crippen molar-refractivity contribution in [2.75, 3.05) is 19.6 Å². The second-order valence-electron chi connectivity index (χ2n) is 9.65. The van der Waals surface area contributed by atoms with Gasteiger partial charge in [-0.1, -0.05) is 13.8 Å². The van der Waals surface area contributed by atoms with Crippen LogP contribution in [0.2, 0.25) is 0 Å². The Balaban J connectivity index is 1.88. The maximum atomic E-state index is 12.7. The predicted octanol–water partition coefficient (Wildman–Crippen LogP) is 3.91. The van der Waals surface area contributed by atoms with Gasteiger partial charge in [-0.15, -0.1) is 0 Å². The van der Waals surface area contributed by atoms with Gasteiger partial charge >= 0.3 is 6.18 Å². The van der Waals surface area contributed by atoms with Crippen molar-refractivity contribution in [2.45, 2.75) is 76.6 Å². The highest BCUT2D eigenvalue weighted by Crippen LogP contribution is 2.35. The zero-order valence-electron chi connectivity index (χ0n) is 20.1. The third-order valence-corrected chi connectivity index (χ3v) is 6.86. The summed E-state index contributed by atoms with van der Waals surface area (Å²) >= 11 is 0. The van der Waals surface area contributed by atoms with Crippen molar-refractivity contribution in [3.63, 3.8) is 0 Å². The maximum absolute atomic E-state index is 12.7. The molecular formula is C24H34F3N5O3. The predicted molar refractivity (Wildman–Crippen MR) is 126 cm³/mol. The molecule has 0 bridgehead atoms. The number of phenolic OH excluding ortho intramolecular Hbond substituents is 2. The van der Waals surface area contributed by atoms with Crippen LogP contribution in [0, 0.1) is 10.8 Å². The van der Waals surface area contributed by atoms with Crippen LogP contribution in [0.1, 0.15) is 69.4 Å². The van der Waals surface area contributed by atoms with E-state index < -0.39 is 36.3 Å². The molecule has 1 heterocycles. The monoisotopic (exact) mass is 497 g/mol. The van der Waals surface area contributed by atoms with Crippen LogP contribution >= 0.6 is 0 Å². The molecule has 0 radical (unpaired) electrons. The Bertz CT molecular complexity index is 952. The van der Waals surface area contributed by atoms with Crippen LogP contribution in [0.15, 0.2) is 12.1 Å². The Labute approximate surface area is 203 Å². The molecule has 2 aliphatic rings. The van der Waals surface area contributed by atoms with Crippen LogP contribution in [0.25, 0.3) is 0 Å². The number of phenols is 2. The lowest BCUT2D eigenvalue weighted by molar-refractivity contribution is -0.135. The van der Waals surface area contributed by atoms with Crippen molar-refractivity contribution in [3.05, 3.63) is 23.3 Å². The molecule has 1 saturated carbocycles. The van der Waals surface area contributed by atoms with Crippen LogP contribution in [0.5, 0.6) is 11.5 Å². The number of hydrogen-bond donors (Lipinski definition) is 5. The molecule has 1 amide bonds. The van der Waals surface area contributed by atoms with Crippen LogP contribution in [0.4, 0.5) is 13.2 Å². The summed E-state index contributed by atoms with van der Waals surface area (Å²) in [5.74, 6) is -3.07. The van der Waals surface area contributed by atoms with Crippen molar-refractivity contribution in [2.24, 2.45) is 0 Å². The number of amidine groups is 2. The molecule has 11 heteroatoms. The van der Waals surface area contributed by atoms with Crippen LogP contribution < -0.4 is 5.32 Å². The Kier molecular flexibility index (Phi) is 8.30. The van der Waals surface area contributed by atoms with E-state index in [2.05, 4.69) is 4.90 Å². The largest absolute Gasteiger partial charge is 0.508 e. The molecule has 1 aromatic rings. The first-order valence-corrected chi connectivity index (χ1v) is 12.0. The lowest BCUT2D eigenvalue weighted by Gasteiger charge is -2.40. The average molecular weight is 498 g/mol. The first-order chi connectivity index (χ1) is 16.4. The number of rotatable bonds is 5. The molecule has 8 nitrogen and oxygen atoms in total. The number of nitrogens with one attached hydrogen (secondary N) is 3. The van der Waals surface area contributed by atoms with Gasteiger partial charge in [-0.3, -0.25) is 15.6 Å². The van der Waals surface area contributed by atoms with Crippen LogP contribution in [0.3, 0.4) is 0 Å². The molecule has 1 aliphatic carbocycles. The number of nitrogens with zero attached hydrogens (tertiary/aromatic N) is 2. The lowest BCUT2D eigenvalue weighted by atomic mass is 9.88. The fourth-order valence-corrected chi connectivity index (χ4v) is 5.01. The first-order valence-electron chi connectivity index (χ1n) is 12.0. The summed E-state index contributed by atoms with van der Waals surface area (Å²) in [7, 11) is 0. The minimum atomic E-state index is -4.64. The number of benzene rings is 1. The standard InChI is InChI=1S/C24H34F3N5O3/c1-14(2)17-11-18(20(34)12-19(17)33)21(28)32(22(29)23(35)30-13-24(25,26)27)16-7-5-15(6-8-16)31-9-3-4-10-31/h11-12,14-16,28-29,33-34H,3-10,13H2,1-2H3,(H,30,35). The summed E-state index contributed by atoms with van der Waals surface area (Å²) in [6, 6.07) is 2.45. The van der Waals surface area contributed by atoms with Crippen molar-refractivity contribution < 1.29 is 28.2 Å². The van der Waals surface area contributed by atoms with E-state index in [0.29, 0.717) is 24.4 Å². The zero-order chi connectivity index (χ0) is 25.9. The van der Waals surface area contributed by atoms with Gasteiger partial charge in [-0.25, -0.2) is 0 Å². The normalized spacial score (nSPS) is 21.2. The highest BCUT2D eigenvalue weighted by atomic mass is 19.4. The summed E-state index contributed by atoms with van der Waals surface area (Å²) in [6.07, 6.45) is 0.333. The molecule has 5 N–H and O–H groups in total. The highest BCUT2D eigenvalue weighted by Gasteiger charge is 2.37. The SMILES string of the molecule is CC(C)c1cc(C(=N)N(C(=N)C(=O)NCC(F)(F)F)C2CCC(N3CCCC3)CC2)c(O)cc1O. The second-order valence-corrected chi connectivity index (χ2v) is 9.65. The van der Waals surface area contributed by atoms with Crippen LogP contribution in [-0.4, -0.2) is 75.5 Å². The molecule has 0 aromatic heterocycles. The Morgan fingerprint density at radius 2 is 1.71 bits per heavy atom. The van der Waals surface area contributed by atoms with Gasteiger partial charge in [-0.05, 0) is 69.2 Å². The van der Waals surface area contributed by atoms with E-state index >= 15 is 0 Å². The molecule has 1 aliphatic heterocycles. The molecule has 2 fully saturated rings. The summed E-state index contributed by atoms with van der Waals surface area (Å²) in [5.41, 5.74) is 0.467. The van der Waals surface area contributed by atoms with Gasteiger partial charge in [0.2, 0.25) is 0 Å². The molecule has 3 rings (SSSR count). The summed E-state index contributed by atoms with van der Waals surface area (Å²) in [4.78, 5) is 16.1. The topological polar surface area (TPSA) is 124 Å². The molecule has 0 spiro atoms. The van der Waals surface area contributed by atoms with Gasteiger partial charge < -0.3 is 25.3 Å². The number of carbonyl (C=O) groups is 1. The fraction of sp³-hybridized carbons (Fsp3) is 0.625. The van der Waals surface area contributed by atoms with E-state index in [1.54, 1.807) is 5.32 Å². The Morgan fingerprint density at radius 1 is 1.11 bits per heavy atom. The van der Waals surface area contributed by atoms with E-state index in [0.717, 1.165) is 49.7 Å². The molecule has 0 unspecified atom stereocenters. The smallest absolute Gasteiger partial charge is 0.405 e. The number of likely N-dealkylation sites (tertiary alicyclic amines) is 1. The average Bonchev–Trinajstić information content (AvgIpc) is 3.32. The van der Waals surface area contributed by atoms with Gasteiger partial charge in [0.1, 0.15) is 23.9 Å². The number of aromatic hydroxyl groups is 2. The number of alkyl halides is 3. The number of carbonyl (C=O) groups excluding carboxylic acids is 1. The number of halogens is 3. The van der Waals surface area contributed by atoms with Crippen molar-refractivity contribution in [1.82, 2.24) is 15.1 Å². The van der Waals surface area contributed by atoms with E-state index in [1.165, 1.54) is 6.07 Å². The van der Waals surface area contributed by atoms with Crippen molar-refractivity contribution in [3.8, 4) is 11.5 Å². The minimum absolute atomic E-state index is 0.00142. The van der Waals surface area contributed by atoms with Gasteiger partial charge in [0.15, 0.2) is 5.84 Å². The van der Waals surface area contributed by atoms with Crippen molar-refractivity contribution in [1.29, 1.82) is 10.8 Å². The van der Waals surface area contributed by atoms with Gasteiger partial charge in [0, 0.05) is 18.2 Å². The first kappa shape index (κ1) is 26.8. The van der Waals surface area contributed by atoms with Crippen LogP contribution in [-0.2, 0) is 4.79 Å². The molecular weight excluding hydrogens is 463 g/mol. The fourth-order valence-electron chi connectivity index (χ4n) is 5.01. The van der Waals surface area contributed by atoms with Gasteiger partial charge in [0.05, 0.1) is 5.56 Å². The molecule has 0 atom stereocenters. The molecule has 1 aromatic carbocycles. The lowest BCUT2D eigenvalue weighted by Crippen LogP contribution is -2.53. The van der Waals surface area contributed by atoms with E-state index in [1.807, 2.05) is 13.8 Å². The highest BCUT2D eigenvalue weighted by molar-refractivity contribution is 6.40. The second kappa shape index (κ2) is 10.8. The zero-order valence-corrected chi connectivity index (χ0v) is 20.1. The quantitative estimate of drug-likeness (QED) is 0.312. The van der Waals surface area contributed by atoms with Gasteiger partial charge in [-0.2, -0.15) is 13.2 Å². The summed E-state index contributed by atoms with van der Waals surface area (Å²) < 4.78 is 38.0. The van der Waals surface area contributed by atoms with E-state index in [-0.39, 0.29) is 23.1 Å². The molecule has 1 saturated heterocycles. The maximum Gasteiger partial charge on any atom is 0.405 e. The van der Waals surface area contributed by atoms with E-state index in [9.17, 15) is 28.2 Å². The molecule has 194 valence electrons.